The van der Waals surface area contributed by atoms with Crippen LogP contribution in [0.1, 0.15) is 31.9 Å². The minimum atomic E-state index is -3.11. The number of sulfone groups is 1. The van der Waals surface area contributed by atoms with Gasteiger partial charge in [-0.1, -0.05) is 26.0 Å². The second-order valence-electron chi connectivity index (χ2n) is 4.58. The van der Waals surface area contributed by atoms with Gasteiger partial charge in [0.1, 0.15) is 0 Å². The largest absolute Gasteiger partial charge is 0.324 e. The standard InChI is InChI=1S/C12H19NO2S/c1-9(2)8-12(13)10-4-6-11(7-5-10)16(3,14)15/h4-7,9,12H,8,13H2,1-3H3. The highest BCUT2D eigenvalue weighted by molar-refractivity contribution is 7.90. The monoisotopic (exact) mass is 241 g/mol. The molecule has 16 heavy (non-hydrogen) atoms. The first-order chi connectivity index (χ1) is 7.30. The average molecular weight is 241 g/mol. The molecular formula is C12H19NO2S. The Balaban J connectivity index is 2.87. The highest BCUT2D eigenvalue weighted by Crippen LogP contribution is 2.20. The van der Waals surface area contributed by atoms with Gasteiger partial charge in [0.25, 0.3) is 0 Å². The molecule has 0 fully saturated rings. The molecule has 3 nitrogen and oxygen atoms in total. The summed E-state index contributed by atoms with van der Waals surface area (Å²) in [6.45, 7) is 4.23. The van der Waals surface area contributed by atoms with Crippen molar-refractivity contribution in [1.82, 2.24) is 0 Å². The first-order valence-electron chi connectivity index (χ1n) is 5.36. The van der Waals surface area contributed by atoms with Crippen molar-refractivity contribution in [1.29, 1.82) is 0 Å². The molecule has 0 aromatic heterocycles. The average Bonchev–Trinajstić information content (AvgIpc) is 2.15. The molecule has 0 spiro atoms. The van der Waals surface area contributed by atoms with Crippen LogP contribution in [-0.4, -0.2) is 14.7 Å². The number of nitrogens with two attached hydrogens (primary N) is 1. The number of hydrogen-bond acceptors (Lipinski definition) is 3. The first kappa shape index (κ1) is 13.2. The van der Waals surface area contributed by atoms with Crippen molar-refractivity contribution in [3.8, 4) is 0 Å². The van der Waals surface area contributed by atoms with E-state index in [2.05, 4.69) is 13.8 Å². The molecule has 0 aliphatic heterocycles. The Bertz CT molecular complexity index is 435. The van der Waals surface area contributed by atoms with Gasteiger partial charge in [-0.2, -0.15) is 0 Å². The molecule has 1 atom stereocenters. The molecule has 4 heteroatoms. The minimum absolute atomic E-state index is 0.0198. The summed E-state index contributed by atoms with van der Waals surface area (Å²) in [5.41, 5.74) is 6.99. The predicted octanol–water partition coefficient (Wildman–Crippen LogP) is 2.14. The van der Waals surface area contributed by atoms with Crippen molar-refractivity contribution < 1.29 is 8.42 Å². The van der Waals surface area contributed by atoms with Crippen LogP contribution in [0.3, 0.4) is 0 Å². The molecule has 1 aromatic rings. The third-order valence-corrected chi connectivity index (χ3v) is 3.59. The van der Waals surface area contributed by atoms with E-state index < -0.39 is 9.84 Å². The van der Waals surface area contributed by atoms with E-state index in [0.29, 0.717) is 10.8 Å². The summed E-state index contributed by atoms with van der Waals surface area (Å²) >= 11 is 0. The Morgan fingerprint density at radius 3 is 2.06 bits per heavy atom. The lowest BCUT2D eigenvalue weighted by molar-refractivity contribution is 0.510. The summed E-state index contributed by atoms with van der Waals surface area (Å²) in [5, 5.41) is 0. The van der Waals surface area contributed by atoms with Crippen LogP contribution >= 0.6 is 0 Å². The van der Waals surface area contributed by atoms with Gasteiger partial charge in [0, 0.05) is 12.3 Å². The van der Waals surface area contributed by atoms with Crippen LogP contribution in [0.4, 0.5) is 0 Å². The highest BCUT2D eigenvalue weighted by atomic mass is 32.2. The van der Waals surface area contributed by atoms with E-state index in [9.17, 15) is 8.42 Å². The van der Waals surface area contributed by atoms with Crippen LogP contribution in [0.25, 0.3) is 0 Å². The fourth-order valence-electron chi connectivity index (χ4n) is 1.61. The summed E-state index contributed by atoms with van der Waals surface area (Å²) in [4.78, 5) is 0.341. The van der Waals surface area contributed by atoms with Crippen molar-refractivity contribution in [2.45, 2.75) is 31.2 Å². The Morgan fingerprint density at radius 1 is 1.19 bits per heavy atom. The third-order valence-electron chi connectivity index (χ3n) is 2.46. The molecule has 0 saturated heterocycles. The van der Waals surface area contributed by atoms with Crippen LogP contribution in [0, 0.1) is 5.92 Å². The fourth-order valence-corrected chi connectivity index (χ4v) is 2.24. The van der Waals surface area contributed by atoms with E-state index >= 15 is 0 Å². The molecule has 1 rings (SSSR count). The van der Waals surface area contributed by atoms with E-state index in [1.54, 1.807) is 24.3 Å². The topological polar surface area (TPSA) is 60.2 Å². The van der Waals surface area contributed by atoms with Gasteiger partial charge in [-0.3, -0.25) is 0 Å². The molecule has 0 heterocycles. The Labute approximate surface area is 97.6 Å². The van der Waals surface area contributed by atoms with E-state index in [0.717, 1.165) is 12.0 Å². The van der Waals surface area contributed by atoms with Crippen LogP contribution < -0.4 is 5.73 Å². The fraction of sp³-hybridized carbons (Fsp3) is 0.500. The zero-order valence-electron chi connectivity index (χ0n) is 9.97. The predicted molar refractivity (Wildman–Crippen MR) is 65.9 cm³/mol. The lowest BCUT2D eigenvalue weighted by atomic mass is 9.98. The van der Waals surface area contributed by atoms with Gasteiger partial charge >= 0.3 is 0 Å². The van der Waals surface area contributed by atoms with E-state index in [4.69, 9.17) is 5.73 Å². The summed E-state index contributed by atoms with van der Waals surface area (Å²) in [6, 6.07) is 6.80. The molecule has 90 valence electrons. The van der Waals surface area contributed by atoms with Crippen molar-refractivity contribution in [2.75, 3.05) is 6.26 Å². The van der Waals surface area contributed by atoms with Crippen LogP contribution in [0.15, 0.2) is 29.2 Å². The van der Waals surface area contributed by atoms with E-state index in [1.807, 2.05) is 0 Å². The zero-order valence-corrected chi connectivity index (χ0v) is 10.8. The molecule has 1 aromatic carbocycles. The van der Waals surface area contributed by atoms with Crippen LogP contribution in [0.2, 0.25) is 0 Å². The van der Waals surface area contributed by atoms with Crippen molar-refractivity contribution >= 4 is 9.84 Å². The lowest BCUT2D eigenvalue weighted by Gasteiger charge is -2.14. The van der Waals surface area contributed by atoms with Gasteiger partial charge in [0.05, 0.1) is 4.90 Å². The molecule has 0 bridgehead atoms. The van der Waals surface area contributed by atoms with Gasteiger partial charge in [-0.25, -0.2) is 8.42 Å². The summed E-state index contributed by atoms with van der Waals surface area (Å²) in [7, 11) is -3.11. The van der Waals surface area contributed by atoms with Crippen molar-refractivity contribution in [3.63, 3.8) is 0 Å². The SMILES string of the molecule is CC(C)CC(N)c1ccc(S(C)(=O)=O)cc1. The van der Waals surface area contributed by atoms with Gasteiger partial charge in [0.15, 0.2) is 9.84 Å². The van der Waals surface area contributed by atoms with E-state index in [1.165, 1.54) is 6.26 Å². The van der Waals surface area contributed by atoms with Gasteiger partial charge in [-0.15, -0.1) is 0 Å². The van der Waals surface area contributed by atoms with Gasteiger partial charge in [0.2, 0.25) is 0 Å². The number of hydrogen-bond donors (Lipinski definition) is 1. The zero-order chi connectivity index (χ0) is 12.3. The molecule has 0 saturated carbocycles. The molecule has 1 unspecified atom stereocenters. The summed E-state index contributed by atoms with van der Waals surface area (Å²) in [5.74, 6) is 0.532. The molecule has 0 radical (unpaired) electrons. The summed E-state index contributed by atoms with van der Waals surface area (Å²) < 4.78 is 22.5. The molecule has 0 aliphatic carbocycles. The number of benzene rings is 1. The number of rotatable bonds is 4. The van der Waals surface area contributed by atoms with Crippen LogP contribution in [-0.2, 0) is 9.84 Å². The quantitative estimate of drug-likeness (QED) is 0.878. The maximum Gasteiger partial charge on any atom is 0.175 e. The lowest BCUT2D eigenvalue weighted by Crippen LogP contribution is -2.13. The maximum atomic E-state index is 11.3. The molecule has 0 aliphatic rings. The van der Waals surface area contributed by atoms with E-state index in [-0.39, 0.29) is 6.04 Å². The second kappa shape index (κ2) is 4.97. The molecule has 2 N–H and O–H groups in total. The normalized spacial score (nSPS) is 14.1. The Morgan fingerprint density at radius 2 is 1.69 bits per heavy atom. The smallest absolute Gasteiger partial charge is 0.175 e. The van der Waals surface area contributed by atoms with Gasteiger partial charge in [-0.05, 0) is 30.0 Å². The van der Waals surface area contributed by atoms with Gasteiger partial charge < -0.3 is 5.73 Å². The molecular weight excluding hydrogens is 222 g/mol. The Kier molecular flexibility index (Phi) is 4.10. The van der Waals surface area contributed by atoms with Crippen molar-refractivity contribution in [2.24, 2.45) is 11.7 Å². The molecule has 0 amide bonds. The second-order valence-corrected chi connectivity index (χ2v) is 6.59. The first-order valence-corrected chi connectivity index (χ1v) is 7.25. The Hall–Kier alpha value is -0.870. The maximum absolute atomic E-state index is 11.3. The highest BCUT2D eigenvalue weighted by Gasteiger charge is 2.10. The van der Waals surface area contributed by atoms with Crippen molar-refractivity contribution in [3.05, 3.63) is 29.8 Å². The third kappa shape index (κ3) is 3.61. The van der Waals surface area contributed by atoms with Crippen LogP contribution in [0.5, 0.6) is 0 Å². The summed E-state index contributed by atoms with van der Waals surface area (Å²) in [6.07, 6.45) is 2.11. The minimum Gasteiger partial charge on any atom is -0.324 e.